The zero-order valence-corrected chi connectivity index (χ0v) is 11.6. The molecule has 0 fully saturated rings. The van der Waals surface area contributed by atoms with E-state index in [1.807, 2.05) is 0 Å². The molecule has 1 aliphatic heterocycles. The van der Waals surface area contributed by atoms with E-state index in [1.54, 1.807) is 0 Å². The van der Waals surface area contributed by atoms with Crippen LogP contribution in [0.25, 0.3) is 0 Å². The summed E-state index contributed by atoms with van der Waals surface area (Å²) in [5.74, 6) is 1.09. The van der Waals surface area contributed by atoms with Crippen LogP contribution in [-0.4, -0.2) is 23.1 Å². The van der Waals surface area contributed by atoms with Crippen molar-refractivity contribution in [2.75, 3.05) is 13.1 Å². The molecule has 0 saturated heterocycles. The normalized spacial score (nSPS) is 14.5. The summed E-state index contributed by atoms with van der Waals surface area (Å²) in [5.41, 5.74) is 0.869. The maximum absolute atomic E-state index is 9.64. The Hall–Kier alpha value is -0.640. The van der Waals surface area contributed by atoms with E-state index in [2.05, 4.69) is 25.7 Å². The average molecular weight is 276 g/mol. The van der Waals surface area contributed by atoms with E-state index in [9.17, 15) is 5.11 Å². The fourth-order valence-corrected chi connectivity index (χ4v) is 2.68. The van der Waals surface area contributed by atoms with Crippen LogP contribution < -0.4 is 4.74 Å². The van der Waals surface area contributed by atoms with Crippen molar-refractivity contribution >= 4 is 23.2 Å². The van der Waals surface area contributed by atoms with Crippen molar-refractivity contribution in [3.05, 3.63) is 15.6 Å². The Morgan fingerprint density at radius 3 is 2.29 bits per heavy atom. The summed E-state index contributed by atoms with van der Waals surface area (Å²) in [6.07, 6.45) is 0. The number of phenols is 1. The second-order valence-electron chi connectivity index (χ2n) is 4.05. The van der Waals surface area contributed by atoms with Gasteiger partial charge in [-0.3, -0.25) is 4.90 Å². The standard InChI is InChI=1S/C12H15Cl2NO2/c1-4-15(5-2)6(3)7-8(13)9(14)10(16)12-11(7)17-12/h6,16H,4-5H2,1-3H3. The molecule has 94 valence electrons. The molecule has 5 heteroatoms. The lowest BCUT2D eigenvalue weighted by Crippen LogP contribution is -2.26. The van der Waals surface area contributed by atoms with Gasteiger partial charge < -0.3 is 9.84 Å². The second kappa shape index (κ2) is 4.56. The average Bonchev–Trinajstić information content (AvgIpc) is 3.08. The summed E-state index contributed by atoms with van der Waals surface area (Å²) >= 11 is 12.2. The highest BCUT2D eigenvalue weighted by Crippen LogP contribution is 2.62. The van der Waals surface area contributed by atoms with Crippen molar-refractivity contribution in [1.29, 1.82) is 0 Å². The predicted molar refractivity (Wildman–Crippen MR) is 69.5 cm³/mol. The molecule has 0 bridgehead atoms. The molecule has 1 N–H and O–H groups in total. The number of hydrogen-bond acceptors (Lipinski definition) is 3. The quantitative estimate of drug-likeness (QED) is 0.850. The highest BCUT2D eigenvalue weighted by molar-refractivity contribution is 6.44. The molecule has 1 unspecified atom stereocenters. The molecule has 17 heavy (non-hydrogen) atoms. The molecule has 0 spiro atoms. The molecule has 1 aliphatic rings. The van der Waals surface area contributed by atoms with E-state index < -0.39 is 0 Å². The highest BCUT2D eigenvalue weighted by atomic mass is 35.5. The zero-order valence-electron chi connectivity index (χ0n) is 10.1. The number of benzene rings is 1. The smallest absolute Gasteiger partial charge is 0.213 e. The van der Waals surface area contributed by atoms with Crippen LogP contribution in [0, 0.1) is 0 Å². The van der Waals surface area contributed by atoms with Crippen LogP contribution in [0.1, 0.15) is 32.4 Å². The molecule has 0 radical (unpaired) electrons. The molecular weight excluding hydrogens is 261 g/mol. The van der Waals surface area contributed by atoms with Gasteiger partial charge in [0.1, 0.15) is 5.02 Å². The van der Waals surface area contributed by atoms with Gasteiger partial charge in [-0.2, -0.15) is 0 Å². The Morgan fingerprint density at radius 1 is 1.18 bits per heavy atom. The topological polar surface area (TPSA) is 36.0 Å². The minimum absolute atomic E-state index is 0.0536. The number of phenolic OH excluding ortho intramolecular Hbond substituents is 1. The van der Waals surface area contributed by atoms with Gasteiger partial charge >= 0.3 is 0 Å². The van der Waals surface area contributed by atoms with E-state index in [1.165, 1.54) is 0 Å². The van der Waals surface area contributed by atoms with Gasteiger partial charge in [0.05, 0.1) is 5.02 Å². The third-order valence-corrected chi connectivity index (χ3v) is 4.10. The van der Waals surface area contributed by atoms with E-state index in [0.717, 1.165) is 18.7 Å². The minimum atomic E-state index is -0.0536. The van der Waals surface area contributed by atoms with E-state index in [0.29, 0.717) is 16.5 Å². The van der Waals surface area contributed by atoms with Crippen LogP contribution in [-0.2, 0) is 0 Å². The fraction of sp³-hybridized carbons (Fsp3) is 0.500. The van der Waals surface area contributed by atoms with Crippen LogP contribution >= 0.6 is 23.2 Å². The molecule has 2 rings (SSSR count). The second-order valence-corrected chi connectivity index (χ2v) is 4.80. The first-order valence-electron chi connectivity index (χ1n) is 5.68. The summed E-state index contributed by atoms with van der Waals surface area (Å²) in [4.78, 5) is 2.25. The monoisotopic (exact) mass is 275 g/mol. The Labute approximate surface area is 111 Å². The first kappa shape index (κ1) is 12.8. The van der Waals surface area contributed by atoms with Crippen LogP contribution in [0.3, 0.4) is 0 Å². The number of hydrogen-bond donors (Lipinski definition) is 1. The van der Waals surface area contributed by atoms with Crippen molar-refractivity contribution in [2.45, 2.75) is 26.8 Å². The maximum atomic E-state index is 9.64. The number of ether oxygens (including phenoxy) is 1. The number of fused-ring (bicyclic) bond motifs is 1. The van der Waals surface area contributed by atoms with Gasteiger partial charge in [0.2, 0.25) is 5.75 Å². The molecule has 0 aromatic heterocycles. The first-order valence-corrected chi connectivity index (χ1v) is 6.44. The van der Waals surface area contributed by atoms with E-state index in [4.69, 9.17) is 27.9 Å². The van der Waals surface area contributed by atoms with Gasteiger partial charge in [0.25, 0.3) is 0 Å². The minimum Gasteiger partial charge on any atom is -0.503 e. The molecule has 1 aromatic rings. The molecule has 1 aromatic carbocycles. The summed E-state index contributed by atoms with van der Waals surface area (Å²) < 4.78 is 5.28. The van der Waals surface area contributed by atoms with Crippen LogP contribution in [0.2, 0.25) is 10.0 Å². The molecular formula is C12H15Cl2NO2. The molecule has 0 saturated carbocycles. The summed E-state index contributed by atoms with van der Waals surface area (Å²) in [5, 5.41) is 10.2. The third kappa shape index (κ3) is 1.96. The molecule has 0 amide bonds. The summed E-state index contributed by atoms with van der Waals surface area (Å²) in [7, 11) is 0. The van der Waals surface area contributed by atoms with Gasteiger partial charge in [-0.25, -0.2) is 0 Å². The molecule has 0 aliphatic carbocycles. The highest BCUT2D eigenvalue weighted by Gasteiger charge is 2.37. The number of nitrogens with zero attached hydrogens (tertiary/aromatic N) is 1. The van der Waals surface area contributed by atoms with Gasteiger partial charge in [0, 0.05) is 11.6 Å². The van der Waals surface area contributed by atoms with Crippen molar-refractivity contribution in [3.8, 4) is 17.2 Å². The van der Waals surface area contributed by atoms with Crippen molar-refractivity contribution < 1.29 is 9.84 Å². The third-order valence-electron chi connectivity index (χ3n) is 3.24. The Kier molecular flexibility index (Phi) is 3.43. The van der Waals surface area contributed by atoms with E-state index >= 15 is 0 Å². The van der Waals surface area contributed by atoms with Crippen LogP contribution in [0.15, 0.2) is 0 Å². The molecule has 1 atom stereocenters. The molecule has 3 nitrogen and oxygen atoms in total. The Balaban J connectivity index is 2.45. The Bertz CT molecular complexity index is 459. The van der Waals surface area contributed by atoms with Gasteiger partial charge in [-0.15, -0.1) is 0 Å². The zero-order chi connectivity index (χ0) is 12.7. The molecule has 1 heterocycles. The lowest BCUT2D eigenvalue weighted by molar-refractivity contribution is 0.234. The number of halogens is 2. The van der Waals surface area contributed by atoms with Crippen molar-refractivity contribution in [1.82, 2.24) is 4.90 Å². The van der Waals surface area contributed by atoms with Gasteiger partial charge in [0.15, 0.2) is 11.5 Å². The summed E-state index contributed by atoms with van der Waals surface area (Å²) in [6.45, 7) is 8.08. The van der Waals surface area contributed by atoms with Crippen molar-refractivity contribution in [2.24, 2.45) is 0 Å². The maximum Gasteiger partial charge on any atom is 0.213 e. The van der Waals surface area contributed by atoms with Crippen LogP contribution in [0.5, 0.6) is 17.2 Å². The van der Waals surface area contributed by atoms with E-state index in [-0.39, 0.29) is 16.8 Å². The predicted octanol–water partition coefficient (Wildman–Crippen LogP) is 4.21. The summed E-state index contributed by atoms with van der Waals surface area (Å²) in [6, 6.07) is 0.117. The van der Waals surface area contributed by atoms with Crippen molar-refractivity contribution in [3.63, 3.8) is 0 Å². The lowest BCUT2D eigenvalue weighted by atomic mass is 10.1. The lowest BCUT2D eigenvalue weighted by Gasteiger charge is -2.26. The largest absolute Gasteiger partial charge is 0.503 e. The number of aromatic hydroxyl groups is 1. The first-order chi connectivity index (χ1) is 8.02. The van der Waals surface area contributed by atoms with Gasteiger partial charge in [-0.05, 0) is 20.0 Å². The SMILES string of the molecule is CCN(CC)C(C)c1c(Cl)c(Cl)c(O)c2c1O2. The van der Waals surface area contributed by atoms with Crippen LogP contribution in [0.4, 0.5) is 0 Å². The van der Waals surface area contributed by atoms with Gasteiger partial charge in [-0.1, -0.05) is 37.0 Å². The Morgan fingerprint density at radius 2 is 1.76 bits per heavy atom. The number of rotatable bonds is 4. The fourth-order valence-electron chi connectivity index (χ4n) is 2.16.